The molecule has 0 aromatic carbocycles. The van der Waals surface area contributed by atoms with Crippen molar-refractivity contribution in [2.75, 3.05) is 26.4 Å². The minimum atomic E-state index is -0.495. The van der Waals surface area contributed by atoms with Crippen molar-refractivity contribution in [1.82, 2.24) is 0 Å². The molecule has 31 heavy (non-hydrogen) atoms. The van der Waals surface area contributed by atoms with Crippen LogP contribution in [0.15, 0.2) is 0 Å². The zero-order chi connectivity index (χ0) is 23.0. The Bertz CT molecular complexity index is 522. The normalized spacial score (nSPS) is 22.6. The second kappa shape index (κ2) is 15.6. The topological polar surface area (TPSA) is 105 Å². The van der Waals surface area contributed by atoms with E-state index in [-0.39, 0.29) is 62.8 Å². The molecule has 1 fully saturated rings. The van der Waals surface area contributed by atoms with E-state index in [9.17, 15) is 19.2 Å². The lowest BCUT2D eigenvalue weighted by molar-refractivity contribution is -0.153. The van der Waals surface area contributed by atoms with Crippen LogP contribution in [0.2, 0.25) is 0 Å². The van der Waals surface area contributed by atoms with Crippen LogP contribution in [-0.2, 0) is 38.1 Å². The van der Waals surface area contributed by atoms with Crippen molar-refractivity contribution in [2.45, 2.75) is 90.9 Å². The lowest BCUT2D eigenvalue weighted by Gasteiger charge is -2.23. The second-order valence-corrected chi connectivity index (χ2v) is 8.75. The molecule has 0 aromatic rings. The summed E-state index contributed by atoms with van der Waals surface area (Å²) in [6.07, 6.45) is 6.65. The Morgan fingerprint density at radius 2 is 0.806 bits per heavy atom. The standard InChI is InChI=1S/C23H38O8/c1-23(2)17-30-21(26)13-7-5-11-19(24)28-15-9-3-4-10-16-29-20(25)12-6-8-14-22(27)31-18-23/h3-18H2,1-2H3. The number of hydrogen-bond donors (Lipinski definition) is 0. The van der Waals surface area contributed by atoms with Crippen molar-refractivity contribution in [2.24, 2.45) is 5.41 Å². The summed E-state index contributed by atoms with van der Waals surface area (Å²) in [5.74, 6) is -1.16. The van der Waals surface area contributed by atoms with E-state index >= 15 is 0 Å². The van der Waals surface area contributed by atoms with Crippen molar-refractivity contribution in [3.63, 3.8) is 0 Å². The number of hydrogen-bond acceptors (Lipinski definition) is 8. The van der Waals surface area contributed by atoms with Crippen LogP contribution < -0.4 is 0 Å². The highest BCUT2D eigenvalue weighted by atomic mass is 16.6. The number of ether oxygens (including phenoxy) is 4. The van der Waals surface area contributed by atoms with Gasteiger partial charge in [-0.1, -0.05) is 13.8 Å². The van der Waals surface area contributed by atoms with Crippen LogP contribution in [0.4, 0.5) is 0 Å². The van der Waals surface area contributed by atoms with E-state index in [1.165, 1.54) is 0 Å². The Kier molecular flexibility index (Phi) is 13.6. The first-order chi connectivity index (χ1) is 14.8. The molecule has 0 amide bonds. The molecule has 178 valence electrons. The molecule has 1 rings (SSSR count). The second-order valence-electron chi connectivity index (χ2n) is 8.75. The van der Waals surface area contributed by atoms with Gasteiger partial charge in [0.2, 0.25) is 0 Å². The molecule has 8 heteroatoms. The summed E-state index contributed by atoms with van der Waals surface area (Å²) < 4.78 is 20.9. The van der Waals surface area contributed by atoms with Gasteiger partial charge in [0.25, 0.3) is 0 Å². The summed E-state index contributed by atoms with van der Waals surface area (Å²) >= 11 is 0. The molecule has 1 saturated heterocycles. The molecule has 0 radical (unpaired) electrons. The predicted molar refractivity (Wildman–Crippen MR) is 113 cm³/mol. The fourth-order valence-corrected chi connectivity index (χ4v) is 2.89. The fourth-order valence-electron chi connectivity index (χ4n) is 2.89. The summed E-state index contributed by atoms with van der Waals surface area (Å²) in [5, 5.41) is 0. The Morgan fingerprint density at radius 3 is 1.16 bits per heavy atom. The minimum absolute atomic E-state index is 0.146. The van der Waals surface area contributed by atoms with Gasteiger partial charge in [-0.25, -0.2) is 0 Å². The minimum Gasteiger partial charge on any atom is -0.466 e. The highest BCUT2D eigenvalue weighted by Crippen LogP contribution is 2.17. The Labute approximate surface area is 185 Å². The highest BCUT2D eigenvalue weighted by Gasteiger charge is 2.23. The molecule has 0 unspecified atom stereocenters. The van der Waals surface area contributed by atoms with E-state index in [0.717, 1.165) is 25.7 Å². The number of carbonyl (C=O) groups is 4. The Hall–Kier alpha value is -2.12. The third-order valence-corrected chi connectivity index (χ3v) is 4.84. The van der Waals surface area contributed by atoms with Crippen molar-refractivity contribution in [1.29, 1.82) is 0 Å². The van der Waals surface area contributed by atoms with Gasteiger partial charge in [-0.15, -0.1) is 0 Å². The molecule has 8 nitrogen and oxygen atoms in total. The van der Waals surface area contributed by atoms with Crippen molar-refractivity contribution < 1.29 is 38.1 Å². The summed E-state index contributed by atoms with van der Waals surface area (Å²) in [6.45, 7) is 4.77. The molecule has 0 saturated carbocycles. The lowest BCUT2D eigenvalue weighted by Crippen LogP contribution is -2.28. The maximum absolute atomic E-state index is 11.9. The fraction of sp³-hybridized carbons (Fsp3) is 0.826. The predicted octanol–water partition coefficient (Wildman–Crippen LogP) is 3.88. The van der Waals surface area contributed by atoms with E-state index in [0.29, 0.717) is 38.9 Å². The van der Waals surface area contributed by atoms with Gasteiger partial charge < -0.3 is 18.9 Å². The first-order valence-corrected chi connectivity index (χ1v) is 11.4. The van der Waals surface area contributed by atoms with Gasteiger partial charge in [0.1, 0.15) is 0 Å². The molecular formula is C23H38O8. The molecule has 0 aliphatic carbocycles. The number of rotatable bonds is 0. The average molecular weight is 443 g/mol. The van der Waals surface area contributed by atoms with E-state index in [1.54, 1.807) is 0 Å². The third kappa shape index (κ3) is 15.3. The van der Waals surface area contributed by atoms with E-state index in [4.69, 9.17) is 18.9 Å². The zero-order valence-corrected chi connectivity index (χ0v) is 19.1. The quantitative estimate of drug-likeness (QED) is 0.411. The monoisotopic (exact) mass is 442 g/mol. The maximum atomic E-state index is 11.9. The van der Waals surface area contributed by atoms with E-state index in [2.05, 4.69) is 0 Å². The van der Waals surface area contributed by atoms with E-state index in [1.807, 2.05) is 13.8 Å². The zero-order valence-electron chi connectivity index (χ0n) is 19.1. The summed E-state index contributed by atoms with van der Waals surface area (Å²) in [7, 11) is 0. The third-order valence-electron chi connectivity index (χ3n) is 4.84. The van der Waals surface area contributed by atoms with Crippen LogP contribution in [0.3, 0.4) is 0 Å². The van der Waals surface area contributed by atoms with Crippen LogP contribution >= 0.6 is 0 Å². The lowest BCUT2D eigenvalue weighted by atomic mass is 9.96. The maximum Gasteiger partial charge on any atom is 0.305 e. The van der Waals surface area contributed by atoms with Crippen LogP contribution in [0.25, 0.3) is 0 Å². The molecule has 0 atom stereocenters. The van der Waals surface area contributed by atoms with Gasteiger partial charge in [-0.3, -0.25) is 19.2 Å². The summed E-state index contributed by atoms with van der Waals surface area (Å²) in [6, 6.07) is 0. The highest BCUT2D eigenvalue weighted by molar-refractivity contribution is 5.71. The molecule has 0 spiro atoms. The molecule has 1 aliphatic rings. The van der Waals surface area contributed by atoms with Crippen LogP contribution in [0.5, 0.6) is 0 Å². The number of carbonyl (C=O) groups excluding carboxylic acids is 4. The van der Waals surface area contributed by atoms with Gasteiger partial charge >= 0.3 is 23.9 Å². The van der Waals surface area contributed by atoms with Gasteiger partial charge in [0, 0.05) is 31.1 Å². The largest absolute Gasteiger partial charge is 0.466 e. The van der Waals surface area contributed by atoms with Crippen LogP contribution in [0.1, 0.15) is 90.9 Å². The molecule has 0 N–H and O–H groups in total. The number of esters is 4. The first kappa shape index (κ1) is 26.9. The molecule has 1 aliphatic heterocycles. The molecular weight excluding hydrogens is 404 g/mol. The van der Waals surface area contributed by atoms with Crippen molar-refractivity contribution in [3.8, 4) is 0 Å². The summed E-state index contributed by atoms with van der Waals surface area (Å²) in [4.78, 5) is 47.2. The van der Waals surface area contributed by atoms with Crippen molar-refractivity contribution >= 4 is 23.9 Å². The SMILES string of the molecule is CC1(C)COC(=O)CCCCC(=O)OCCCCCCOC(=O)CCCCC(=O)OC1. The van der Waals surface area contributed by atoms with Crippen LogP contribution in [0, 0.1) is 5.41 Å². The van der Waals surface area contributed by atoms with Crippen molar-refractivity contribution in [3.05, 3.63) is 0 Å². The smallest absolute Gasteiger partial charge is 0.305 e. The van der Waals surface area contributed by atoms with Crippen LogP contribution in [-0.4, -0.2) is 50.3 Å². The Morgan fingerprint density at radius 1 is 0.484 bits per heavy atom. The molecule has 0 aromatic heterocycles. The van der Waals surface area contributed by atoms with Gasteiger partial charge in [0.05, 0.1) is 26.4 Å². The van der Waals surface area contributed by atoms with Gasteiger partial charge in [-0.2, -0.15) is 0 Å². The van der Waals surface area contributed by atoms with Gasteiger partial charge in [0.15, 0.2) is 0 Å². The Balaban J connectivity index is 2.43. The first-order valence-electron chi connectivity index (χ1n) is 11.4. The van der Waals surface area contributed by atoms with E-state index < -0.39 is 5.41 Å². The molecule has 0 bridgehead atoms. The molecule has 1 heterocycles. The summed E-state index contributed by atoms with van der Waals surface area (Å²) in [5.41, 5.74) is -0.495. The number of cyclic esters (lactones) is 4. The average Bonchev–Trinajstić information content (AvgIpc) is 2.73. The van der Waals surface area contributed by atoms with Gasteiger partial charge in [-0.05, 0) is 51.4 Å².